The van der Waals surface area contributed by atoms with Gasteiger partial charge in [-0.05, 0) is 12.1 Å². The van der Waals surface area contributed by atoms with E-state index < -0.39 is 0 Å². The van der Waals surface area contributed by atoms with E-state index in [0.717, 1.165) is 12.2 Å². The third-order valence-electron chi connectivity index (χ3n) is 2.02. The van der Waals surface area contributed by atoms with Crippen LogP contribution < -0.4 is 16.8 Å². The number of nitrogens with two attached hydrogens (primary N) is 2. The maximum Gasteiger partial charge on any atom is 0.223 e. The van der Waals surface area contributed by atoms with Gasteiger partial charge >= 0.3 is 0 Å². The average Bonchev–Trinajstić information content (AvgIpc) is 2.69. The number of rotatable bonds is 4. The molecule has 0 saturated heterocycles. The number of nitrogen functional groups attached to an aromatic ring is 2. The number of hydrogen-bond acceptors (Lipinski definition) is 6. The molecule has 0 amide bonds. The normalized spacial score (nSPS) is 10.2. The Morgan fingerprint density at radius 1 is 1.31 bits per heavy atom. The van der Waals surface area contributed by atoms with Crippen LogP contribution in [0, 0.1) is 0 Å². The summed E-state index contributed by atoms with van der Waals surface area (Å²) in [5.41, 5.74) is 11.0. The van der Waals surface area contributed by atoms with Gasteiger partial charge in [0.05, 0.1) is 6.26 Å². The van der Waals surface area contributed by atoms with E-state index in [1.807, 2.05) is 12.1 Å². The van der Waals surface area contributed by atoms with Crippen LogP contribution in [0.2, 0.25) is 0 Å². The van der Waals surface area contributed by atoms with Gasteiger partial charge < -0.3 is 21.2 Å². The molecule has 0 bridgehead atoms. The van der Waals surface area contributed by atoms with Crippen LogP contribution in [0.25, 0.3) is 0 Å². The first-order valence-electron chi connectivity index (χ1n) is 4.90. The lowest BCUT2D eigenvalue weighted by Gasteiger charge is -2.05. The van der Waals surface area contributed by atoms with E-state index in [2.05, 4.69) is 15.3 Å². The molecule has 6 heteroatoms. The number of nitrogens with zero attached hydrogens (tertiary/aromatic N) is 2. The van der Waals surface area contributed by atoms with Gasteiger partial charge in [0.25, 0.3) is 0 Å². The molecule has 0 spiro atoms. The standard InChI is InChI=1S/C10H13N5O/c11-8-6-9(15-10(12)14-8)13-4-3-7-2-1-5-16-7/h1-2,5-6H,3-4H2,(H5,11,12,13,14,15). The molecule has 0 saturated carbocycles. The van der Waals surface area contributed by atoms with Crippen LogP contribution in [0.5, 0.6) is 0 Å². The van der Waals surface area contributed by atoms with Crippen molar-refractivity contribution >= 4 is 17.6 Å². The number of furan rings is 1. The van der Waals surface area contributed by atoms with Gasteiger partial charge in [0, 0.05) is 19.0 Å². The molecule has 0 aliphatic carbocycles. The lowest BCUT2D eigenvalue weighted by molar-refractivity contribution is 0.513. The van der Waals surface area contributed by atoms with E-state index in [1.165, 1.54) is 0 Å². The maximum atomic E-state index is 5.54. The van der Waals surface area contributed by atoms with E-state index >= 15 is 0 Å². The van der Waals surface area contributed by atoms with Gasteiger partial charge in [-0.25, -0.2) is 0 Å². The van der Waals surface area contributed by atoms with Gasteiger partial charge in [0.1, 0.15) is 17.4 Å². The van der Waals surface area contributed by atoms with Crippen molar-refractivity contribution in [2.45, 2.75) is 6.42 Å². The Bertz CT molecular complexity index is 434. The molecule has 0 radical (unpaired) electrons. The fraction of sp³-hybridized carbons (Fsp3) is 0.200. The smallest absolute Gasteiger partial charge is 0.223 e. The van der Waals surface area contributed by atoms with Crippen LogP contribution in [0.15, 0.2) is 28.9 Å². The molecule has 0 unspecified atom stereocenters. The van der Waals surface area contributed by atoms with E-state index in [0.29, 0.717) is 18.2 Å². The second-order valence-electron chi connectivity index (χ2n) is 3.29. The van der Waals surface area contributed by atoms with Gasteiger partial charge in [-0.3, -0.25) is 0 Å². The number of nitrogens with one attached hydrogen (secondary N) is 1. The van der Waals surface area contributed by atoms with Crippen molar-refractivity contribution in [3.05, 3.63) is 30.2 Å². The Kier molecular flexibility index (Phi) is 2.90. The Labute approximate surface area is 92.7 Å². The molecule has 5 N–H and O–H groups in total. The van der Waals surface area contributed by atoms with Crippen molar-refractivity contribution in [2.24, 2.45) is 0 Å². The van der Waals surface area contributed by atoms with Gasteiger partial charge in [0.15, 0.2) is 0 Å². The van der Waals surface area contributed by atoms with Crippen molar-refractivity contribution < 1.29 is 4.42 Å². The summed E-state index contributed by atoms with van der Waals surface area (Å²) < 4.78 is 5.20. The molecule has 84 valence electrons. The number of aromatic nitrogens is 2. The first kappa shape index (κ1) is 10.3. The van der Waals surface area contributed by atoms with Crippen molar-refractivity contribution in [1.82, 2.24) is 9.97 Å². The van der Waals surface area contributed by atoms with Crippen molar-refractivity contribution in [3.63, 3.8) is 0 Å². The molecule has 2 aromatic heterocycles. The van der Waals surface area contributed by atoms with E-state index in [-0.39, 0.29) is 5.95 Å². The van der Waals surface area contributed by atoms with Gasteiger partial charge in [-0.2, -0.15) is 9.97 Å². The first-order chi connectivity index (χ1) is 7.74. The summed E-state index contributed by atoms with van der Waals surface area (Å²) in [7, 11) is 0. The second kappa shape index (κ2) is 4.52. The average molecular weight is 219 g/mol. The summed E-state index contributed by atoms with van der Waals surface area (Å²) >= 11 is 0. The minimum atomic E-state index is 0.167. The summed E-state index contributed by atoms with van der Waals surface area (Å²) in [5, 5.41) is 3.09. The summed E-state index contributed by atoms with van der Waals surface area (Å²) in [6.07, 6.45) is 2.42. The number of hydrogen-bond donors (Lipinski definition) is 3. The topological polar surface area (TPSA) is 103 Å². The Morgan fingerprint density at radius 3 is 2.88 bits per heavy atom. The molecule has 0 fully saturated rings. The van der Waals surface area contributed by atoms with Crippen LogP contribution in [0.3, 0.4) is 0 Å². The monoisotopic (exact) mass is 219 g/mol. The largest absolute Gasteiger partial charge is 0.469 e. The molecule has 6 nitrogen and oxygen atoms in total. The predicted octanol–water partition coefficient (Wildman–Crippen LogP) is 0.889. The van der Waals surface area contributed by atoms with Crippen LogP contribution in [0.4, 0.5) is 17.6 Å². The third kappa shape index (κ3) is 2.63. The minimum absolute atomic E-state index is 0.167. The maximum absolute atomic E-state index is 5.54. The number of anilines is 3. The Hall–Kier alpha value is -2.24. The van der Waals surface area contributed by atoms with Gasteiger partial charge in [0.2, 0.25) is 5.95 Å². The lowest BCUT2D eigenvalue weighted by Crippen LogP contribution is -2.08. The highest BCUT2D eigenvalue weighted by Gasteiger charge is 2.00. The van der Waals surface area contributed by atoms with Crippen LogP contribution >= 0.6 is 0 Å². The zero-order valence-electron chi connectivity index (χ0n) is 8.68. The molecule has 0 aliphatic heterocycles. The molecule has 16 heavy (non-hydrogen) atoms. The molecule has 0 atom stereocenters. The quantitative estimate of drug-likeness (QED) is 0.705. The summed E-state index contributed by atoms with van der Waals surface area (Å²) in [6, 6.07) is 5.42. The lowest BCUT2D eigenvalue weighted by atomic mass is 10.3. The van der Waals surface area contributed by atoms with Crippen LogP contribution in [-0.4, -0.2) is 16.5 Å². The predicted molar refractivity (Wildman–Crippen MR) is 61.8 cm³/mol. The van der Waals surface area contributed by atoms with Crippen molar-refractivity contribution in [3.8, 4) is 0 Å². The first-order valence-corrected chi connectivity index (χ1v) is 4.90. The third-order valence-corrected chi connectivity index (χ3v) is 2.02. The molecular formula is C10H13N5O. The summed E-state index contributed by atoms with van der Waals surface area (Å²) in [5.74, 6) is 2.06. The summed E-state index contributed by atoms with van der Waals surface area (Å²) in [6.45, 7) is 0.698. The van der Waals surface area contributed by atoms with E-state index in [1.54, 1.807) is 12.3 Å². The molecular weight excluding hydrogens is 206 g/mol. The van der Waals surface area contributed by atoms with Crippen LogP contribution in [0.1, 0.15) is 5.76 Å². The molecule has 0 aliphatic rings. The zero-order valence-corrected chi connectivity index (χ0v) is 8.68. The Morgan fingerprint density at radius 2 is 2.19 bits per heavy atom. The fourth-order valence-electron chi connectivity index (χ4n) is 1.34. The SMILES string of the molecule is Nc1cc(NCCc2ccco2)nc(N)n1. The second-order valence-corrected chi connectivity index (χ2v) is 3.29. The summed E-state index contributed by atoms with van der Waals surface area (Å²) in [4.78, 5) is 7.78. The molecule has 0 aromatic carbocycles. The molecule has 2 aromatic rings. The van der Waals surface area contributed by atoms with E-state index in [9.17, 15) is 0 Å². The van der Waals surface area contributed by atoms with E-state index in [4.69, 9.17) is 15.9 Å². The van der Waals surface area contributed by atoms with Gasteiger partial charge in [-0.1, -0.05) is 0 Å². The van der Waals surface area contributed by atoms with Crippen molar-refractivity contribution in [1.29, 1.82) is 0 Å². The molecule has 2 rings (SSSR count). The Balaban J connectivity index is 1.89. The highest BCUT2D eigenvalue weighted by molar-refractivity contribution is 5.48. The van der Waals surface area contributed by atoms with Gasteiger partial charge in [-0.15, -0.1) is 0 Å². The van der Waals surface area contributed by atoms with Crippen molar-refractivity contribution in [2.75, 3.05) is 23.3 Å². The molecule has 2 heterocycles. The zero-order chi connectivity index (χ0) is 11.4. The minimum Gasteiger partial charge on any atom is -0.469 e. The highest BCUT2D eigenvalue weighted by atomic mass is 16.3. The highest BCUT2D eigenvalue weighted by Crippen LogP contribution is 2.09. The fourth-order valence-corrected chi connectivity index (χ4v) is 1.34. The van der Waals surface area contributed by atoms with Crippen LogP contribution in [-0.2, 0) is 6.42 Å².